The first-order chi connectivity index (χ1) is 11.2. The van der Waals surface area contributed by atoms with Crippen molar-refractivity contribution in [3.8, 4) is 0 Å². The van der Waals surface area contributed by atoms with E-state index in [0.29, 0.717) is 18.7 Å². The van der Waals surface area contributed by atoms with Crippen LogP contribution in [0.1, 0.15) is 6.42 Å². The number of anilines is 1. The molecule has 2 atom stereocenters. The third-order valence-electron chi connectivity index (χ3n) is 3.86. The number of para-hydroxylation sites is 1. The van der Waals surface area contributed by atoms with Crippen molar-refractivity contribution in [3.63, 3.8) is 0 Å². The molecule has 2 aromatic rings. The molecule has 1 aliphatic rings. The van der Waals surface area contributed by atoms with E-state index >= 15 is 0 Å². The van der Waals surface area contributed by atoms with Crippen molar-refractivity contribution in [2.45, 2.75) is 18.5 Å². The standard InChI is InChI=1S/C16H19N5O2.3ClH/c17-7-15(22)20-12-6-14(19-9-12)16(23)21-11-5-10-3-1-2-4-13(10)18-8-11;;;/h1-5,8,12,14,19H,6-7,9,17H2,(H,20,22)(H,21,23);3*1H/t12?,14-;;;/m0.../s1. The van der Waals surface area contributed by atoms with E-state index in [2.05, 4.69) is 20.9 Å². The molecule has 1 aliphatic heterocycles. The molecule has 2 amide bonds. The highest BCUT2D eigenvalue weighted by Gasteiger charge is 2.30. The average Bonchev–Trinajstić information content (AvgIpc) is 3.03. The fourth-order valence-corrected chi connectivity index (χ4v) is 2.70. The molecule has 26 heavy (non-hydrogen) atoms. The molecule has 10 heteroatoms. The first-order valence-electron chi connectivity index (χ1n) is 7.54. The maximum atomic E-state index is 12.3. The first kappa shape index (κ1) is 24.4. The van der Waals surface area contributed by atoms with Crippen LogP contribution in [0.15, 0.2) is 36.5 Å². The zero-order valence-electron chi connectivity index (χ0n) is 13.8. The summed E-state index contributed by atoms with van der Waals surface area (Å²) in [7, 11) is 0. The summed E-state index contributed by atoms with van der Waals surface area (Å²) in [6.45, 7) is 0.510. The average molecular weight is 423 g/mol. The van der Waals surface area contributed by atoms with Gasteiger partial charge in [-0.25, -0.2) is 0 Å². The molecule has 1 saturated heterocycles. The minimum atomic E-state index is -0.343. The number of halogens is 3. The van der Waals surface area contributed by atoms with Crippen LogP contribution in [-0.4, -0.2) is 42.0 Å². The Labute approximate surface area is 170 Å². The number of aromatic nitrogens is 1. The van der Waals surface area contributed by atoms with Gasteiger partial charge >= 0.3 is 0 Å². The number of rotatable bonds is 4. The van der Waals surface area contributed by atoms with E-state index in [1.807, 2.05) is 30.3 Å². The smallest absolute Gasteiger partial charge is 0.241 e. The van der Waals surface area contributed by atoms with E-state index < -0.39 is 0 Å². The molecule has 0 aliphatic carbocycles. The number of amides is 2. The molecule has 5 N–H and O–H groups in total. The van der Waals surface area contributed by atoms with Crippen LogP contribution in [0.4, 0.5) is 5.69 Å². The lowest BCUT2D eigenvalue weighted by Gasteiger charge is -2.12. The molecular formula is C16H22Cl3N5O2. The fourth-order valence-electron chi connectivity index (χ4n) is 2.70. The molecule has 0 radical (unpaired) electrons. The van der Waals surface area contributed by atoms with Gasteiger partial charge in [-0.15, -0.1) is 37.2 Å². The Morgan fingerprint density at radius 2 is 1.96 bits per heavy atom. The Hall–Kier alpha value is -1.64. The van der Waals surface area contributed by atoms with Crippen LogP contribution >= 0.6 is 37.2 Å². The van der Waals surface area contributed by atoms with E-state index in [-0.39, 0.29) is 67.7 Å². The summed E-state index contributed by atoms with van der Waals surface area (Å²) in [5.74, 6) is -0.344. The van der Waals surface area contributed by atoms with E-state index in [4.69, 9.17) is 5.73 Å². The first-order valence-corrected chi connectivity index (χ1v) is 7.54. The number of nitrogens with zero attached hydrogens (tertiary/aromatic N) is 1. The second-order valence-corrected chi connectivity index (χ2v) is 5.57. The largest absolute Gasteiger partial charge is 0.351 e. The lowest BCUT2D eigenvalue weighted by atomic mass is 10.1. The van der Waals surface area contributed by atoms with Crippen LogP contribution in [0.5, 0.6) is 0 Å². The van der Waals surface area contributed by atoms with Crippen LogP contribution in [0.3, 0.4) is 0 Å². The Morgan fingerprint density at radius 3 is 2.69 bits per heavy atom. The van der Waals surface area contributed by atoms with Crippen molar-refractivity contribution in [3.05, 3.63) is 36.5 Å². The van der Waals surface area contributed by atoms with Gasteiger partial charge < -0.3 is 21.7 Å². The number of fused-ring (bicyclic) bond motifs is 1. The summed E-state index contributed by atoms with van der Waals surface area (Å²) in [4.78, 5) is 27.9. The number of nitrogens with two attached hydrogens (primary N) is 1. The predicted molar refractivity (Wildman–Crippen MR) is 110 cm³/mol. The molecule has 2 heterocycles. The van der Waals surface area contributed by atoms with Gasteiger partial charge in [-0.1, -0.05) is 18.2 Å². The summed E-state index contributed by atoms with van der Waals surface area (Å²) < 4.78 is 0. The zero-order valence-corrected chi connectivity index (χ0v) is 16.3. The summed E-state index contributed by atoms with van der Waals surface area (Å²) in [5, 5.41) is 9.72. The Bertz CT molecular complexity index is 747. The van der Waals surface area contributed by atoms with Crippen molar-refractivity contribution in [2.75, 3.05) is 18.4 Å². The van der Waals surface area contributed by atoms with Gasteiger partial charge in [-0.2, -0.15) is 0 Å². The molecule has 144 valence electrons. The summed E-state index contributed by atoms with van der Waals surface area (Å²) in [6, 6.07) is 9.20. The SMILES string of the molecule is Cl.Cl.Cl.NCC(=O)NC1CN[C@H](C(=O)Nc2cnc3ccccc3c2)C1. The quantitative estimate of drug-likeness (QED) is 0.593. The molecule has 3 rings (SSSR count). The molecule has 1 unspecified atom stereocenters. The van der Waals surface area contributed by atoms with Gasteiger partial charge in [0.05, 0.1) is 30.0 Å². The van der Waals surface area contributed by atoms with E-state index in [1.54, 1.807) is 6.20 Å². The van der Waals surface area contributed by atoms with E-state index in [1.165, 1.54) is 0 Å². The van der Waals surface area contributed by atoms with Gasteiger partial charge in [0.1, 0.15) is 0 Å². The normalized spacial score (nSPS) is 18.0. The third-order valence-corrected chi connectivity index (χ3v) is 3.86. The second kappa shape index (κ2) is 11.2. The van der Waals surface area contributed by atoms with E-state index in [9.17, 15) is 9.59 Å². The predicted octanol–water partition coefficient (Wildman–Crippen LogP) is 1.24. The fraction of sp³-hybridized carbons (Fsp3) is 0.312. The number of hydrogen-bond donors (Lipinski definition) is 4. The van der Waals surface area contributed by atoms with Gasteiger partial charge in [0, 0.05) is 18.0 Å². The van der Waals surface area contributed by atoms with Gasteiger partial charge in [0.25, 0.3) is 0 Å². The summed E-state index contributed by atoms with van der Waals surface area (Å²) in [6.07, 6.45) is 2.18. The molecule has 7 nitrogen and oxygen atoms in total. The number of nitrogens with one attached hydrogen (secondary N) is 3. The lowest BCUT2D eigenvalue weighted by Crippen LogP contribution is -2.39. The van der Waals surface area contributed by atoms with Crippen LogP contribution in [0, 0.1) is 0 Å². The van der Waals surface area contributed by atoms with Gasteiger partial charge in [0.15, 0.2) is 0 Å². The highest BCUT2D eigenvalue weighted by molar-refractivity contribution is 5.96. The maximum absolute atomic E-state index is 12.3. The Kier molecular flexibility index (Phi) is 10.4. The Morgan fingerprint density at radius 1 is 1.23 bits per heavy atom. The highest BCUT2D eigenvalue weighted by Crippen LogP contribution is 2.17. The number of carbonyl (C=O) groups excluding carboxylic acids is 2. The van der Waals surface area contributed by atoms with E-state index in [0.717, 1.165) is 10.9 Å². The number of benzene rings is 1. The van der Waals surface area contributed by atoms with Crippen LogP contribution in [0.2, 0.25) is 0 Å². The number of carbonyl (C=O) groups is 2. The number of pyridine rings is 1. The zero-order chi connectivity index (χ0) is 16.2. The molecule has 0 saturated carbocycles. The van der Waals surface area contributed by atoms with Crippen molar-refractivity contribution in [2.24, 2.45) is 5.73 Å². The monoisotopic (exact) mass is 421 g/mol. The number of hydrogen-bond acceptors (Lipinski definition) is 5. The topological polar surface area (TPSA) is 109 Å². The highest BCUT2D eigenvalue weighted by atomic mass is 35.5. The third kappa shape index (κ3) is 5.96. The minimum Gasteiger partial charge on any atom is -0.351 e. The summed E-state index contributed by atoms with van der Waals surface area (Å²) >= 11 is 0. The second-order valence-electron chi connectivity index (χ2n) is 5.57. The van der Waals surface area contributed by atoms with Crippen LogP contribution < -0.4 is 21.7 Å². The van der Waals surface area contributed by atoms with Crippen molar-refractivity contribution in [1.82, 2.24) is 15.6 Å². The van der Waals surface area contributed by atoms with Crippen molar-refractivity contribution >= 4 is 65.6 Å². The summed E-state index contributed by atoms with van der Waals surface area (Å²) in [5.41, 5.74) is 6.81. The van der Waals surface area contributed by atoms with Crippen molar-refractivity contribution in [1.29, 1.82) is 0 Å². The Balaban J connectivity index is 0.00000208. The van der Waals surface area contributed by atoms with Crippen molar-refractivity contribution < 1.29 is 9.59 Å². The van der Waals surface area contributed by atoms with Crippen LogP contribution in [0.25, 0.3) is 10.9 Å². The maximum Gasteiger partial charge on any atom is 0.241 e. The van der Waals surface area contributed by atoms with Gasteiger partial charge in [-0.05, 0) is 18.6 Å². The molecular weight excluding hydrogens is 401 g/mol. The molecule has 1 aromatic heterocycles. The van der Waals surface area contributed by atoms with Gasteiger partial charge in [-0.3, -0.25) is 14.6 Å². The lowest BCUT2D eigenvalue weighted by molar-refractivity contribution is -0.121. The molecule has 1 aromatic carbocycles. The van der Waals surface area contributed by atoms with Crippen LogP contribution in [-0.2, 0) is 9.59 Å². The minimum absolute atomic E-state index is 0. The molecule has 1 fully saturated rings. The van der Waals surface area contributed by atoms with Gasteiger partial charge in [0.2, 0.25) is 11.8 Å². The molecule has 0 bridgehead atoms. The molecule has 0 spiro atoms.